The lowest BCUT2D eigenvalue weighted by Crippen LogP contribution is -2.11. The molecule has 1 aromatic rings. The van der Waals surface area contributed by atoms with Crippen molar-refractivity contribution in [3.05, 3.63) is 38.7 Å². The minimum absolute atomic E-state index is 0.120. The van der Waals surface area contributed by atoms with Gasteiger partial charge in [0, 0.05) is 6.07 Å². The molecule has 0 spiro atoms. The summed E-state index contributed by atoms with van der Waals surface area (Å²) in [5.41, 5.74) is -0.846. The molecule has 0 amide bonds. The SMILES string of the molecule is CCOC(=O)Cc1c([N+](=O)[O-])ccc(Cl)c1F. The van der Waals surface area contributed by atoms with Crippen LogP contribution in [-0.4, -0.2) is 17.5 Å². The zero-order valence-corrected chi connectivity index (χ0v) is 9.66. The molecule has 0 aliphatic carbocycles. The predicted molar refractivity (Wildman–Crippen MR) is 58.4 cm³/mol. The van der Waals surface area contributed by atoms with Crippen LogP contribution < -0.4 is 0 Å². The van der Waals surface area contributed by atoms with Crippen LogP contribution in [-0.2, 0) is 16.0 Å². The van der Waals surface area contributed by atoms with E-state index in [1.165, 1.54) is 0 Å². The molecule has 0 aromatic heterocycles. The van der Waals surface area contributed by atoms with Crippen molar-refractivity contribution in [2.75, 3.05) is 6.61 Å². The molecule has 1 rings (SSSR count). The van der Waals surface area contributed by atoms with Gasteiger partial charge in [0.25, 0.3) is 5.69 Å². The minimum atomic E-state index is -0.964. The summed E-state index contributed by atoms with van der Waals surface area (Å²) < 4.78 is 18.2. The van der Waals surface area contributed by atoms with E-state index in [1.54, 1.807) is 6.92 Å². The fourth-order valence-electron chi connectivity index (χ4n) is 1.28. The molecule has 0 N–H and O–H groups in total. The van der Waals surface area contributed by atoms with Gasteiger partial charge in [-0.3, -0.25) is 14.9 Å². The van der Waals surface area contributed by atoms with E-state index in [1.807, 2.05) is 0 Å². The Morgan fingerprint density at radius 3 is 2.76 bits per heavy atom. The van der Waals surface area contributed by atoms with E-state index in [0.717, 1.165) is 12.1 Å². The number of ether oxygens (including phenoxy) is 1. The molecule has 0 heterocycles. The summed E-state index contributed by atoms with van der Waals surface area (Å²) >= 11 is 5.50. The maximum atomic E-state index is 13.6. The van der Waals surface area contributed by atoms with Crippen LogP contribution in [0.4, 0.5) is 10.1 Å². The number of hydrogen-bond donors (Lipinski definition) is 0. The highest BCUT2D eigenvalue weighted by molar-refractivity contribution is 6.30. The number of hydrogen-bond acceptors (Lipinski definition) is 4. The number of halogens is 2. The molecule has 0 aliphatic rings. The number of nitro groups is 1. The summed E-state index contributed by atoms with van der Waals surface area (Å²) in [4.78, 5) is 21.1. The van der Waals surface area contributed by atoms with Crippen LogP contribution in [0, 0.1) is 15.9 Å². The molecule has 17 heavy (non-hydrogen) atoms. The molecule has 7 heteroatoms. The van der Waals surface area contributed by atoms with Gasteiger partial charge in [-0.2, -0.15) is 0 Å². The van der Waals surface area contributed by atoms with Crippen molar-refractivity contribution < 1.29 is 18.8 Å². The number of carbonyl (C=O) groups is 1. The fraction of sp³-hybridized carbons (Fsp3) is 0.300. The highest BCUT2D eigenvalue weighted by Crippen LogP contribution is 2.27. The second kappa shape index (κ2) is 5.58. The van der Waals surface area contributed by atoms with Crippen molar-refractivity contribution in [3.63, 3.8) is 0 Å². The standard InChI is InChI=1S/C10H9ClFNO4/c1-2-17-9(14)5-6-8(13(15)16)4-3-7(11)10(6)12/h3-4H,2,5H2,1H3. The van der Waals surface area contributed by atoms with Gasteiger partial charge in [-0.1, -0.05) is 11.6 Å². The molecule has 0 fully saturated rings. The Kier molecular flexibility index (Phi) is 4.39. The van der Waals surface area contributed by atoms with Crippen LogP contribution in [0.25, 0.3) is 0 Å². The zero-order valence-electron chi connectivity index (χ0n) is 8.91. The molecule has 0 unspecified atom stereocenters. The van der Waals surface area contributed by atoms with Gasteiger partial charge in [0.15, 0.2) is 5.82 Å². The second-order valence-corrected chi connectivity index (χ2v) is 3.51. The molecule has 0 saturated carbocycles. The van der Waals surface area contributed by atoms with Gasteiger partial charge in [-0.15, -0.1) is 0 Å². The number of nitrogens with zero attached hydrogens (tertiary/aromatic N) is 1. The largest absolute Gasteiger partial charge is 0.466 e. The summed E-state index contributed by atoms with van der Waals surface area (Å²) in [6.45, 7) is 1.70. The molecule has 0 bridgehead atoms. The van der Waals surface area contributed by atoms with Crippen LogP contribution in [0.1, 0.15) is 12.5 Å². The first kappa shape index (κ1) is 13.4. The first-order chi connectivity index (χ1) is 7.97. The van der Waals surface area contributed by atoms with Crippen LogP contribution in [0.5, 0.6) is 0 Å². The molecule has 0 saturated heterocycles. The lowest BCUT2D eigenvalue weighted by atomic mass is 10.1. The van der Waals surface area contributed by atoms with Crippen molar-refractivity contribution in [1.29, 1.82) is 0 Å². The van der Waals surface area contributed by atoms with Crippen molar-refractivity contribution >= 4 is 23.3 Å². The topological polar surface area (TPSA) is 69.4 Å². The Balaban J connectivity index is 3.14. The van der Waals surface area contributed by atoms with Crippen LogP contribution in [0.2, 0.25) is 5.02 Å². The van der Waals surface area contributed by atoms with Gasteiger partial charge in [0.1, 0.15) is 0 Å². The summed E-state index contributed by atoms with van der Waals surface area (Å²) in [6.07, 6.45) is -0.517. The average Bonchev–Trinajstić information content (AvgIpc) is 2.25. The van der Waals surface area contributed by atoms with E-state index in [-0.39, 0.29) is 17.2 Å². The van der Waals surface area contributed by atoms with Gasteiger partial charge in [0.2, 0.25) is 0 Å². The van der Waals surface area contributed by atoms with Gasteiger partial charge in [-0.25, -0.2) is 4.39 Å². The highest BCUT2D eigenvalue weighted by Gasteiger charge is 2.23. The van der Waals surface area contributed by atoms with Crippen molar-refractivity contribution in [1.82, 2.24) is 0 Å². The van der Waals surface area contributed by atoms with E-state index in [0.29, 0.717) is 0 Å². The third-order valence-electron chi connectivity index (χ3n) is 1.99. The number of carbonyl (C=O) groups excluding carboxylic acids is 1. The monoisotopic (exact) mass is 261 g/mol. The normalized spacial score (nSPS) is 10.1. The predicted octanol–water partition coefficient (Wildman–Crippen LogP) is 2.49. The molecular formula is C10H9ClFNO4. The maximum absolute atomic E-state index is 13.6. The van der Waals surface area contributed by atoms with Gasteiger partial charge in [0.05, 0.1) is 28.5 Å². The summed E-state index contributed by atoms with van der Waals surface area (Å²) in [5, 5.41) is 10.4. The summed E-state index contributed by atoms with van der Waals surface area (Å²) in [7, 11) is 0. The van der Waals surface area contributed by atoms with Gasteiger partial charge >= 0.3 is 5.97 Å². The first-order valence-electron chi connectivity index (χ1n) is 4.74. The molecule has 1 aromatic carbocycles. The molecule has 92 valence electrons. The number of rotatable bonds is 4. The summed E-state index contributed by atoms with van der Waals surface area (Å²) in [6, 6.07) is 2.13. The number of nitro benzene ring substituents is 1. The molecule has 0 aliphatic heterocycles. The maximum Gasteiger partial charge on any atom is 0.310 e. The van der Waals surface area contributed by atoms with Crippen LogP contribution in [0.3, 0.4) is 0 Å². The Labute approximate surface area is 101 Å². The molecule has 5 nitrogen and oxygen atoms in total. The average molecular weight is 262 g/mol. The Bertz CT molecular complexity index is 464. The first-order valence-corrected chi connectivity index (χ1v) is 5.12. The van der Waals surface area contributed by atoms with Crippen molar-refractivity contribution in [3.8, 4) is 0 Å². The van der Waals surface area contributed by atoms with E-state index in [4.69, 9.17) is 11.6 Å². The smallest absolute Gasteiger partial charge is 0.310 e. The van der Waals surface area contributed by atoms with Crippen LogP contribution in [0.15, 0.2) is 12.1 Å². The molecular weight excluding hydrogens is 253 g/mol. The Morgan fingerprint density at radius 2 is 2.24 bits per heavy atom. The second-order valence-electron chi connectivity index (χ2n) is 3.10. The third-order valence-corrected chi connectivity index (χ3v) is 2.29. The fourth-order valence-corrected chi connectivity index (χ4v) is 1.46. The Hall–Kier alpha value is -1.69. The highest BCUT2D eigenvalue weighted by atomic mass is 35.5. The molecule has 0 atom stereocenters. The lowest BCUT2D eigenvalue weighted by molar-refractivity contribution is -0.385. The van der Waals surface area contributed by atoms with Crippen LogP contribution >= 0.6 is 11.6 Å². The Morgan fingerprint density at radius 1 is 1.59 bits per heavy atom. The number of esters is 1. The molecule has 0 radical (unpaired) electrons. The van der Waals surface area contributed by atoms with E-state index < -0.39 is 28.8 Å². The summed E-state index contributed by atoms with van der Waals surface area (Å²) in [5.74, 6) is -1.70. The minimum Gasteiger partial charge on any atom is -0.466 e. The zero-order chi connectivity index (χ0) is 13.0. The van der Waals surface area contributed by atoms with E-state index in [9.17, 15) is 19.3 Å². The quantitative estimate of drug-likeness (QED) is 0.474. The number of benzene rings is 1. The lowest BCUT2D eigenvalue weighted by Gasteiger charge is -2.05. The van der Waals surface area contributed by atoms with Crippen molar-refractivity contribution in [2.24, 2.45) is 0 Å². The third kappa shape index (κ3) is 3.13. The van der Waals surface area contributed by atoms with Crippen molar-refractivity contribution in [2.45, 2.75) is 13.3 Å². The van der Waals surface area contributed by atoms with E-state index >= 15 is 0 Å². The van der Waals surface area contributed by atoms with Gasteiger partial charge < -0.3 is 4.74 Å². The van der Waals surface area contributed by atoms with Gasteiger partial charge in [-0.05, 0) is 13.0 Å². The van der Waals surface area contributed by atoms with E-state index in [2.05, 4.69) is 4.74 Å².